The highest BCUT2D eigenvalue weighted by atomic mass is 16.4. The normalized spacial score (nSPS) is 19.6. The van der Waals surface area contributed by atoms with Crippen molar-refractivity contribution in [3.05, 3.63) is 0 Å². The fourth-order valence-electron chi connectivity index (χ4n) is 2.98. The first-order chi connectivity index (χ1) is 9.41. The first-order valence-corrected chi connectivity index (χ1v) is 7.66. The van der Waals surface area contributed by atoms with Gasteiger partial charge in [-0.3, -0.25) is 4.79 Å². The minimum absolute atomic E-state index is 0.0751. The molecular weight excluding hydrogens is 256 g/mol. The summed E-state index contributed by atoms with van der Waals surface area (Å²) in [5.41, 5.74) is -0.384. The number of carboxylic acid groups (broad SMARTS) is 1. The number of carbonyl (C=O) groups excluding carboxylic acids is 1. The number of hydrogen-bond acceptors (Lipinski definition) is 3. The highest BCUT2D eigenvalue weighted by molar-refractivity contribution is 5.87. The highest BCUT2D eigenvalue weighted by Gasteiger charge is 2.40. The molecule has 0 spiro atoms. The van der Waals surface area contributed by atoms with E-state index in [0.717, 1.165) is 38.8 Å². The van der Waals surface area contributed by atoms with Crippen molar-refractivity contribution in [1.29, 1.82) is 0 Å². The largest absolute Gasteiger partial charge is 0.480 e. The van der Waals surface area contributed by atoms with Crippen LogP contribution in [0, 0.1) is 11.3 Å². The fourth-order valence-corrected chi connectivity index (χ4v) is 2.98. The molecule has 0 aromatic rings. The van der Waals surface area contributed by atoms with E-state index in [2.05, 4.69) is 17.6 Å². The number of nitrogens with one attached hydrogen (secondary N) is 2. The number of piperidine rings is 1. The Labute approximate surface area is 121 Å². The van der Waals surface area contributed by atoms with Crippen molar-refractivity contribution in [2.24, 2.45) is 11.3 Å². The van der Waals surface area contributed by atoms with Crippen LogP contribution in [0.1, 0.15) is 52.9 Å². The van der Waals surface area contributed by atoms with Crippen LogP contribution in [-0.2, 0) is 9.59 Å². The number of amides is 1. The molecule has 1 fully saturated rings. The number of rotatable bonds is 7. The minimum Gasteiger partial charge on any atom is -0.480 e. The molecule has 0 aromatic heterocycles. The maximum Gasteiger partial charge on any atom is 0.326 e. The van der Waals surface area contributed by atoms with Gasteiger partial charge in [-0.25, -0.2) is 4.79 Å². The maximum atomic E-state index is 12.6. The molecule has 1 atom stereocenters. The van der Waals surface area contributed by atoms with Gasteiger partial charge in [-0.15, -0.1) is 0 Å². The molecule has 1 amide bonds. The fraction of sp³-hybridized carbons (Fsp3) is 0.867. The van der Waals surface area contributed by atoms with E-state index in [-0.39, 0.29) is 17.2 Å². The quantitative estimate of drug-likeness (QED) is 0.666. The summed E-state index contributed by atoms with van der Waals surface area (Å²) in [4.78, 5) is 23.9. The summed E-state index contributed by atoms with van der Waals surface area (Å²) in [5.74, 6) is -0.770. The van der Waals surface area contributed by atoms with Gasteiger partial charge in [0.1, 0.15) is 6.04 Å². The van der Waals surface area contributed by atoms with Gasteiger partial charge in [0.25, 0.3) is 0 Å². The SMILES string of the molecule is CCCC1(C(=O)N[C@@H](CC(C)C)C(=O)O)CCNCC1. The Morgan fingerprint density at radius 3 is 2.35 bits per heavy atom. The smallest absolute Gasteiger partial charge is 0.326 e. The predicted octanol–water partition coefficient (Wildman–Crippen LogP) is 1.77. The summed E-state index contributed by atoms with van der Waals surface area (Å²) < 4.78 is 0. The van der Waals surface area contributed by atoms with Crippen molar-refractivity contribution >= 4 is 11.9 Å². The summed E-state index contributed by atoms with van der Waals surface area (Å²) in [5, 5.41) is 15.3. The van der Waals surface area contributed by atoms with E-state index in [9.17, 15) is 14.7 Å². The first-order valence-electron chi connectivity index (χ1n) is 7.66. The average molecular weight is 284 g/mol. The van der Waals surface area contributed by atoms with Crippen molar-refractivity contribution < 1.29 is 14.7 Å². The van der Waals surface area contributed by atoms with E-state index in [1.54, 1.807) is 0 Å². The molecule has 1 heterocycles. The zero-order valence-electron chi connectivity index (χ0n) is 12.9. The molecule has 116 valence electrons. The lowest BCUT2D eigenvalue weighted by molar-refractivity contribution is -0.145. The number of carboxylic acids is 1. The van der Waals surface area contributed by atoms with Crippen LogP contribution >= 0.6 is 0 Å². The summed E-state index contributed by atoms with van der Waals surface area (Å²) in [6.45, 7) is 7.66. The van der Waals surface area contributed by atoms with Crippen LogP contribution in [0.25, 0.3) is 0 Å². The van der Waals surface area contributed by atoms with Gasteiger partial charge < -0.3 is 15.7 Å². The van der Waals surface area contributed by atoms with Gasteiger partial charge >= 0.3 is 5.97 Å². The van der Waals surface area contributed by atoms with E-state index in [1.807, 2.05) is 13.8 Å². The summed E-state index contributed by atoms with van der Waals surface area (Å²) in [6.07, 6.45) is 3.83. The van der Waals surface area contributed by atoms with Gasteiger partial charge in [0.15, 0.2) is 0 Å². The topological polar surface area (TPSA) is 78.4 Å². The second kappa shape index (κ2) is 7.62. The zero-order valence-corrected chi connectivity index (χ0v) is 12.9. The summed E-state index contributed by atoms with van der Waals surface area (Å²) in [7, 11) is 0. The Hall–Kier alpha value is -1.10. The molecule has 0 unspecified atom stereocenters. The molecule has 1 saturated heterocycles. The number of carbonyl (C=O) groups is 2. The van der Waals surface area contributed by atoms with Crippen LogP contribution in [0.4, 0.5) is 0 Å². The molecule has 0 bridgehead atoms. The van der Waals surface area contributed by atoms with Crippen LogP contribution in [-0.4, -0.2) is 36.1 Å². The lowest BCUT2D eigenvalue weighted by atomic mass is 9.74. The Morgan fingerprint density at radius 2 is 1.90 bits per heavy atom. The monoisotopic (exact) mass is 284 g/mol. The lowest BCUT2D eigenvalue weighted by Crippen LogP contribution is -2.52. The van der Waals surface area contributed by atoms with E-state index < -0.39 is 12.0 Å². The van der Waals surface area contributed by atoms with Crippen molar-refractivity contribution in [3.8, 4) is 0 Å². The third-order valence-corrected chi connectivity index (χ3v) is 4.08. The standard InChI is InChI=1S/C15H28N2O3/c1-4-5-15(6-8-16-9-7-15)14(20)17-12(13(18)19)10-11(2)3/h11-12,16H,4-10H2,1-3H3,(H,17,20)(H,18,19)/t12-/m0/s1. The Morgan fingerprint density at radius 1 is 1.30 bits per heavy atom. The van der Waals surface area contributed by atoms with Gasteiger partial charge in [0.05, 0.1) is 5.41 Å². The minimum atomic E-state index is -0.937. The molecule has 0 radical (unpaired) electrons. The van der Waals surface area contributed by atoms with Crippen LogP contribution in [0.2, 0.25) is 0 Å². The zero-order chi connectivity index (χ0) is 15.2. The van der Waals surface area contributed by atoms with E-state index in [0.29, 0.717) is 6.42 Å². The van der Waals surface area contributed by atoms with Crippen LogP contribution in [0.5, 0.6) is 0 Å². The van der Waals surface area contributed by atoms with Crippen LogP contribution in [0.15, 0.2) is 0 Å². The van der Waals surface area contributed by atoms with Crippen molar-refractivity contribution in [2.45, 2.75) is 58.9 Å². The molecule has 0 saturated carbocycles. The highest BCUT2D eigenvalue weighted by Crippen LogP contribution is 2.34. The molecule has 5 heteroatoms. The first kappa shape index (κ1) is 17.0. The Kier molecular flexibility index (Phi) is 6.46. The molecule has 3 N–H and O–H groups in total. The Balaban J connectivity index is 2.75. The maximum absolute atomic E-state index is 12.6. The molecule has 1 rings (SSSR count). The van der Waals surface area contributed by atoms with E-state index in [4.69, 9.17) is 0 Å². The Bertz CT molecular complexity index is 331. The predicted molar refractivity (Wildman–Crippen MR) is 78.5 cm³/mol. The van der Waals surface area contributed by atoms with Crippen LogP contribution in [0.3, 0.4) is 0 Å². The van der Waals surface area contributed by atoms with Gasteiger partial charge in [-0.05, 0) is 44.7 Å². The van der Waals surface area contributed by atoms with E-state index in [1.165, 1.54) is 0 Å². The second-order valence-electron chi connectivity index (χ2n) is 6.27. The second-order valence-corrected chi connectivity index (χ2v) is 6.27. The summed E-state index contributed by atoms with van der Waals surface area (Å²) >= 11 is 0. The molecular formula is C15H28N2O3. The molecule has 0 aromatic carbocycles. The number of aliphatic carboxylic acids is 1. The van der Waals surface area contributed by atoms with Crippen molar-refractivity contribution in [3.63, 3.8) is 0 Å². The average Bonchev–Trinajstić information content (AvgIpc) is 2.38. The van der Waals surface area contributed by atoms with Crippen molar-refractivity contribution in [2.75, 3.05) is 13.1 Å². The molecule has 1 aliphatic rings. The van der Waals surface area contributed by atoms with Gasteiger partial charge in [-0.2, -0.15) is 0 Å². The lowest BCUT2D eigenvalue weighted by Gasteiger charge is -2.37. The van der Waals surface area contributed by atoms with E-state index >= 15 is 0 Å². The van der Waals surface area contributed by atoms with Gasteiger partial charge in [-0.1, -0.05) is 27.2 Å². The van der Waals surface area contributed by atoms with Crippen LogP contribution < -0.4 is 10.6 Å². The third kappa shape index (κ3) is 4.47. The van der Waals surface area contributed by atoms with Crippen molar-refractivity contribution in [1.82, 2.24) is 10.6 Å². The number of hydrogen-bond donors (Lipinski definition) is 3. The summed E-state index contributed by atoms with van der Waals surface area (Å²) in [6, 6.07) is -0.772. The molecule has 1 aliphatic heterocycles. The molecule has 5 nitrogen and oxygen atoms in total. The molecule has 0 aliphatic carbocycles. The molecule has 20 heavy (non-hydrogen) atoms. The van der Waals surface area contributed by atoms with Gasteiger partial charge in [0.2, 0.25) is 5.91 Å². The third-order valence-electron chi connectivity index (χ3n) is 4.08. The van der Waals surface area contributed by atoms with Gasteiger partial charge in [0, 0.05) is 0 Å².